The van der Waals surface area contributed by atoms with Crippen LogP contribution in [-0.4, -0.2) is 41.3 Å². The van der Waals surface area contributed by atoms with E-state index in [9.17, 15) is 13.2 Å². The van der Waals surface area contributed by atoms with Gasteiger partial charge in [0, 0.05) is 24.4 Å². The molecule has 0 aromatic heterocycles. The zero-order valence-electron chi connectivity index (χ0n) is 10.9. The lowest BCUT2D eigenvalue weighted by Crippen LogP contribution is -2.42. The first-order valence-corrected chi connectivity index (χ1v) is 7.61. The van der Waals surface area contributed by atoms with Crippen LogP contribution in [0.2, 0.25) is 0 Å². The van der Waals surface area contributed by atoms with Crippen LogP contribution in [0.25, 0.3) is 0 Å². The molecule has 0 heterocycles. The Hall–Kier alpha value is 0.0600. The molecule has 1 saturated carbocycles. The average Bonchev–Trinajstić information content (AvgIpc) is 2.27. The van der Waals surface area contributed by atoms with Crippen LogP contribution >= 0.6 is 11.8 Å². The predicted octanol–water partition coefficient (Wildman–Crippen LogP) is 3.22. The molecule has 0 amide bonds. The topological polar surface area (TPSA) is 29.3 Å². The smallest absolute Gasteiger partial charge is 0.328 e. The van der Waals surface area contributed by atoms with Crippen LogP contribution < -0.4 is 5.73 Å². The van der Waals surface area contributed by atoms with Gasteiger partial charge in [0.1, 0.15) is 0 Å². The Morgan fingerprint density at radius 1 is 1.17 bits per heavy atom. The van der Waals surface area contributed by atoms with Gasteiger partial charge in [-0.25, -0.2) is 0 Å². The minimum absolute atomic E-state index is 0.0859. The summed E-state index contributed by atoms with van der Waals surface area (Å²) >= 11 is 0.0859. The molecule has 1 rings (SSSR count). The molecule has 1 aliphatic rings. The Bertz CT molecular complexity index is 228. The lowest BCUT2D eigenvalue weighted by Gasteiger charge is -2.36. The highest BCUT2D eigenvalue weighted by molar-refractivity contribution is 8.00. The second-order valence-electron chi connectivity index (χ2n) is 4.90. The minimum atomic E-state index is -4.10. The summed E-state index contributed by atoms with van der Waals surface area (Å²) in [4.78, 5) is 2.21. The van der Waals surface area contributed by atoms with E-state index >= 15 is 0 Å². The number of hydrogen-bond donors (Lipinski definition) is 1. The van der Waals surface area contributed by atoms with Crippen LogP contribution in [0, 0.1) is 0 Å². The van der Waals surface area contributed by atoms with Crippen molar-refractivity contribution in [1.29, 1.82) is 0 Å². The van der Waals surface area contributed by atoms with Gasteiger partial charge in [-0.2, -0.15) is 13.2 Å². The summed E-state index contributed by atoms with van der Waals surface area (Å²) in [5, 5.41) is 0. The van der Waals surface area contributed by atoms with Crippen molar-refractivity contribution < 1.29 is 13.2 Å². The van der Waals surface area contributed by atoms with Crippen molar-refractivity contribution in [3.05, 3.63) is 0 Å². The van der Waals surface area contributed by atoms with Crippen LogP contribution in [0.3, 0.4) is 0 Å². The van der Waals surface area contributed by atoms with Gasteiger partial charge in [0.2, 0.25) is 0 Å². The van der Waals surface area contributed by atoms with Crippen molar-refractivity contribution in [2.24, 2.45) is 5.73 Å². The van der Waals surface area contributed by atoms with Crippen molar-refractivity contribution in [1.82, 2.24) is 4.90 Å². The van der Waals surface area contributed by atoms with Gasteiger partial charge < -0.3 is 5.73 Å². The Labute approximate surface area is 111 Å². The molecular weight excluding hydrogens is 261 g/mol. The Balaban J connectivity index is 2.34. The minimum Gasteiger partial charge on any atom is -0.328 e. The maximum atomic E-state index is 12.1. The van der Waals surface area contributed by atoms with E-state index in [0.717, 1.165) is 38.6 Å². The molecular formula is C12H23F3N2S. The van der Waals surface area contributed by atoms with Gasteiger partial charge in [-0.15, -0.1) is 0 Å². The summed E-state index contributed by atoms with van der Waals surface area (Å²) in [6.07, 6.45) is 5.03. The van der Waals surface area contributed by atoms with E-state index in [1.165, 1.54) is 0 Å². The summed E-state index contributed by atoms with van der Waals surface area (Å²) < 4.78 is 36.3. The summed E-state index contributed by atoms with van der Waals surface area (Å²) in [5.74, 6) is 0.131. The number of rotatable bonds is 6. The molecule has 2 N–H and O–H groups in total. The molecule has 0 aromatic carbocycles. The van der Waals surface area contributed by atoms with Gasteiger partial charge in [-0.3, -0.25) is 4.90 Å². The van der Waals surface area contributed by atoms with E-state index in [4.69, 9.17) is 5.73 Å². The maximum absolute atomic E-state index is 12.1. The van der Waals surface area contributed by atoms with Gasteiger partial charge in [0.05, 0.1) is 0 Å². The fraction of sp³-hybridized carbons (Fsp3) is 1.00. The molecule has 0 bridgehead atoms. The van der Waals surface area contributed by atoms with Crippen LogP contribution in [0.5, 0.6) is 0 Å². The third-order valence-electron chi connectivity index (χ3n) is 3.41. The Morgan fingerprint density at radius 3 is 2.28 bits per heavy atom. The van der Waals surface area contributed by atoms with E-state index in [1.54, 1.807) is 0 Å². The highest BCUT2D eigenvalue weighted by atomic mass is 32.2. The molecule has 18 heavy (non-hydrogen) atoms. The number of alkyl halides is 3. The number of halogens is 3. The van der Waals surface area contributed by atoms with Gasteiger partial charge in [0.15, 0.2) is 0 Å². The quantitative estimate of drug-likeness (QED) is 0.812. The summed E-state index contributed by atoms with van der Waals surface area (Å²) in [7, 11) is 0. The molecule has 0 unspecified atom stereocenters. The van der Waals surface area contributed by atoms with Gasteiger partial charge in [-0.05, 0) is 50.4 Å². The zero-order chi connectivity index (χ0) is 13.6. The van der Waals surface area contributed by atoms with Crippen molar-refractivity contribution in [2.45, 2.75) is 56.6 Å². The zero-order valence-corrected chi connectivity index (χ0v) is 11.7. The SMILES string of the molecule is CCCN(CCSC(F)(F)F)C1CCC(N)CC1. The summed E-state index contributed by atoms with van der Waals surface area (Å²) in [6.45, 7) is 3.48. The molecule has 1 fully saturated rings. The van der Waals surface area contributed by atoms with E-state index in [1.807, 2.05) is 0 Å². The number of hydrogen-bond acceptors (Lipinski definition) is 3. The second kappa shape index (κ2) is 7.60. The van der Waals surface area contributed by atoms with Crippen LogP contribution in [0.1, 0.15) is 39.0 Å². The largest absolute Gasteiger partial charge is 0.441 e. The molecule has 0 radical (unpaired) electrons. The number of nitrogens with zero attached hydrogens (tertiary/aromatic N) is 1. The molecule has 0 spiro atoms. The summed E-state index contributed by atoms with van der Waals surface area (Å²) in [5.41, 5.74) is 1.75. The van der Waals surface area contributed by atoms with Crippen molar-refractivity contribution in [3.8, 4) is 0 Å². The first kappa shape index (κ1) is 16.1. The van der Waals surface area contributed by atoms with E-state index in [0.29, 0.717) is 12.6 Å². The monoisotopic (exact) mass is 284 g/mol. The second-order valence-corrected chi connectivity index (χ2v) is 6.06. The standard InChI is InChI=1S/C12H23F3N2S/c1-2-7-17(8-9-18-12(13,14)15)11-5-3-10(16)4-6-11/h10-11H,2-9,16H2,1H3. The van der Waals surface area contributed by atoms with Crippen LogP contribution in [0.15, 0.2) is 0 Å². The van der Waals surface area contributed by atoms with Crippen molar-refractivity contribution >= 4 is 11.8 Å². The molecule has 1 aliphatic carbocycles. The molecule has 0 aliphatic heterocycles. The summed E-state index contributed by atoms with van der Waals surface area (Å²) in [6, 6.07) is 0.716. The third-order valence-corrected chi connectivity index (χ3v) is 4.13. The molecule has 0 atom stereocenters. The van der Waals surface area contributed by atoms with Crippen molar-refractivity contribution in [3.63, 3.8) is 0 Å². The number of thioether (sulfide) groups is 1. The van der Waals surface area contributed by atoms with Crippen molar-refractivity contribution in [2.75, 3.05) is 18.8 Å². The fourth-order valence-corrected chi connectivity index (χ4v) is 3.07. The molecule has 0 aromatic rings. The Morgan fingerprint density at radius 2 is 1.78 bits per heavy atom. The molecule has 0 saturated heterocycles. The lowest BCUT2D eigenvalue weighted by molar-refractivity contribution is -0.0329. The maximum Gasteiger partial charge on any atom is 0.441 e. The van der Waals surface area contributed by atoms with E-state index in [-0.39, 0.29) is 23.6 Å². The Kier molecular flexibility index (Phi) is 6.81. The highest BCUT2D eigenvalue weighted by Crippen LogP contribution is 2.30. The molecule has 6 heteroatoms. The van der Waals surface area contributed by atoms with Gasteiger partial charge in [-0.1, -0.05) is 6.92 Å². The molecule has 2 nitrogen and oxygen atoms in total. The van der Waals surface area contributed by atoms with Crippen LogP contribution in [-0.2, 0) is 0 Å². The van der Waals surface area contributed by atoms with Gasteiger partial charge in [0.25, 0.3) is 0 Å². The highest BCUT2D eigenvalue weighted by Gasteiger charge is 2.29. The van der Waals surface area contributed by atoms with E-state index in [2.05, 4.69) is 11.8 Å². The number of nitrogens with two attached hydrogens (primary N) is 1. The lowest BCUT2D eigenvalue weighted by atomic mass is 9.90. The predicted molar refractivity (Wildman–Crippen MR) is 70.6 cm³/mol. The normalized spacial score (nSPS) is 25.7. The first-order chi connectivity index (χ1) is 8.42. The first-order valence-electron chi connectivity index (χ1n) is 6.62. The van der Waals surface area contributed by atoms with E-state index < -0.39 is 5.51 Å². The van der Waals surface area contributed by atoms with Crippen LogP contribution in [0.4, 0.5) is 13.2 Å². The van der Waals surface area contributed by atoms with Gasteiger partial charge >= 0.3 is 5.51 Å². The fourth-order valence-electron chi connectivity index (χ4n) is 2.51. The average molecular weight is 284 g/mol. The third kappa shape index (κ3) is 6.29. The molecule has 108 valence electrons.